The number of imide groups is 1. The van der Waals surface area contributed by atoms with E-state index >= 15 is 4.79 Å². The number of thiazole rings is 1. The highest BCUT2D eigenvalue weighted by atomic mass is 32.1. The fourth-order valence-electron chi connectivity index (χ4n) is 15.0. The molecule has 14 amide bonds. The number of hydrogen-bond donors (Lipinski definition) is 9. The van der Waals surface area contributed by atoms with Gasteiger partial charge in [0.15, 0.2) is 6.04 Å². The molecule has 4 aliphatic rings. The van der Waals surface area contributed by atoms with E-state index in [0.717, 1.165) is 39.4 Å². The van der Waals surface area contributed by atoms with E-state index in [9.17, 15) is 67.4 Å². The van der Waals surface area contributed by atoms with E-state index in [4.69, 9.17) is 29.4 Å². The average molecular weight is 1600 g/mol. The van der Waals surface area contributed by atoms with E-state index in [-0.39, 0.29) is 99.0 Å². The summed E-state index contributed by atoms with van der Waals surface area (Å²) in [6.45, 7) is 12.4. The van der Waals surface area contributed by atoms with Crippen molar-refractivity contribution in [1.29, 1.82) is 0 Å². The number of methoxy groups -OCH3 is 2. The lowest BCUT2D eigenvalue weighted by atomic mass is 9.89. The van der Waals surface area contributed by atoms with Crippen LogP contribution in [0.15, 0.2) is 72.3 Å². The molecule has 3 fully saturated rings. The third kappa shape index (κ3) is 25.2. The summed E-state index contributed by atoms with van der Waals surface area (Å²) < 4.78 is 29.1. The molecule has 3 aliphatic heterocycles. The number of nitrogens with one attached hydrogen (secondary N) is 7. The van der Waals surface area contributed by atoms with Gasteiger partial charge in [-0.2, -0.15) is 0 Å². The van der Waals surface area contributed by atoms with Gasteiger partial charge in [-0.1, -0.05) is 91.3 Å². The molecule has 10 N–H and O–H groups in total. The number of urea groups is 1. The van der Waals surface area contributed by atoms with Gasteiger partial charge in [-0.05, 0) is 104 Å². The van der Waals surface area contributed by atoms with Gasteiger partial charge >= 0.3 is 24.2 Å². The minimum atomic E-state index is -1.60. The quantitative estimate of drug-likeness (QED) is 0.0282. The van der Waals surface area contributed by atoms with Crippen LogP contribution >= 0.6 is 11.3 Å². The number of carbonyl (C=O) groups excluding carboxylic acids is 13. The Hall–Kier alpha value is -10.1. The third-order valence-electron chi connectivity index (χ3n) is 21.2. The number of likely N-dealkylation sites (N-methyl/N-ethyl adjacent to an activating group) is 1. The number of carboxylic acid groups (broad SMARTS) is 1. The number of primary amides is 1. The summed E-state index contributed by atoms with van der Waals surface area (Å²) in [5.74, 6) is -8.97. The summed E-state index contributed by atoms with van der Waals surface area (Å²) in [6.07, 6.45) is 4.27. The lowest BCUT2D eigenvalue weighted by Gasteiger charge is -2.41. The topological polar surface area (TPSA) is 445 Å². The van der Waals surface area contributed by atoms with Crippen molar-refractivity contribution >= 4 is 100 Å². The van der Waals surface area contributed by atoms with E-state index < -0.39 is 169 Å². The highest BCUT2D eigenvalue weighted by Crippen LogP contribution is 2.43. The minimum absolute atomic E-state index is 0.00513. The number of fused-ring (bicyclic) bond motifs is 2. The van der Waals surface area contributed by atoms with Crippen LogP contribution in [-0.4, -0.2) is 246 Å². The highest BCUT2D eigenvalue weighted by molar-refractivity contribution is 7.09. The molecule has 0 radical (unpaired) electrons. The van der Waals surface area contributed by atoms with Gasteiger partial charge in [0.05, 0.1) is 62.4 Å². The number of amides is 14. The Labute approximate surface area is 662 Å². The maximum Gasteiger partial charge on any atom is 0.411 e. The van der Waals surface area contributed by atoms with Gasteiger partial charge in [-0.15, -0.1) is 11.3 Å². The molecule has 34 nitrogen and oxygen atoms in total. The number of aliphatic carboxylic acids is 1. The van der Waals surface area contributed by atoms with Crippen molar-refractivity contribution < 1.29 is 95.9 Å². The number of nitrogens with two attached hydrogens (primary N) is 1. The first-order valence-electron chi connectivity index (χ1n) is 38.4. The van der Waals surface area contributed by atoms with Gasteiger partial charge in [-0.25, -0.2) is 24.2 Å². The molecule has 1 aliphatic carbocycles. The van der Waals surface area contributed by atoms with Crippen molar-refractivity contribution in [2.24, 2.45) is 35.3 Å². The number of aromatic nitrogens is 1. The van der Waals surface area contributed by atoms with E-state index in [0.29, 0.717) is 51.5 Å². The molecule has 2 bridgehead atoms. The fraction of sp³-hybridized carbons (Fsp3) is 0.603. The van der Waals surface area contributed by atoms with Crippen LogP contribution in [0.1, 0.15) is 147 Å². The molecule has 35 heteroatoms. The van der Waals surface area contributed by atoms with Crippen molar-refractivity contribution in [2.75, 3.05) is 73.1 Å². The molecule has 3 aromatic rings. The van der Waals surface area contributed by atoms with Crippen LogP contribution in [0.5, 0.6) is 0 Å². The second kappa shape index (κ2) is 43.2. The molecular weight excluding hydrogens is 1490 g/mol. The lowest BCUT2D eigenvalue weighted by molar-refractivity contribution is -0.148. The van der Waals surface area contributed by atoms with Crippen LogP contribution in [0.2, 0.25) is 0 Å². The molecule has 1 aromatic heterocycles. The second-order valence-electron chi connectivity index (χ2n) is 29.9. The van der Waals surface area contributed by atoms with E-state index in [1.807, 2.05) is 49.6 Å². The number of piperidine rings is 1. The number of carbonyl (C=O) groups is 14. The van der Waals surface area contributed by atoms with Crippen molar-refractivity contribution in [3.05, 3.63) is 94.0 Å². The number of nitrogens with zero attached hydrogens (tertiary/aromatic N) is 6. The Kier molecular flexibility index (Phi) is 34.4. The summed E-state index contributed by atoms with van der Waals surface area (Å²) >= 11 is 1.45. The van der Waals surface area contributed by atoms with Gasteiger partial charge in [0.2, 0.25) is 47.3 Å². The lowest BCUT2D eigenvalue weighted by Crippen LogP contribution is -2.60. The zero-order chi connectivity index (χ0) is 82.9. The monoisotopic (exact) mass is 1600 g/mol. The number of anilines is 1. The van der Waals surface area contributed by atoms with Gasteiger partial charge in [-0.3, -0.25) is 57.7 Å². The first-order chi connectivity index (χ1) is 53.8. The normalized spacial score (nSPS) is 19.0. The molecule has 0 unspecified atom stereocenters. The maximum atomic E-state index is 15.2. The molecule has 4 heterocycles. The molecular formula is C78H112N14O20S. The average Bonchev–Trinajstić information content (AvgIpc) is 1.62. The standard InChI is InChI=1S/C78H112N14O20S/c1-13-46(6)66(59(108-11)40-63(97)90-32-18-22-58(90)68(109-12)47(7)69(98)85-56(73-80-31-36-113-73)37-49-19-15-14-16-20-49)89(10)74(102)65(45(4)5)87-72(101)67-50-24-26-54(39-50)92(67)78(107)111-42-51-23-25-53(38-52(51)41-88(9)77(106)112-43-57(75(103)104)82-48(8)93)83-70(99)55(21-17-30-81-76(79)105)84-71(100)64(44(2)3)86-60(94)29-34-110-35-33-91-61(95)27-28-62(91)96/h14-16,19-20,23,25,27-28,31,36,38,44-47,50,54-59,64-68H,13,17-18,21-22,24,26,29-30,32-35,37,39-43H2,1-12H3,(H,82,93)(H,83,99)(H,84,100)(H,85,98)(H,86,94)(H,87,101)(H,103,104)(H3,79,81,105)/t46-,47+,50-,54+,55-,56-,57-,58-,59+,64-,65-,66-,67-,68+/m0/s1. The Morgan fingerprint density at radius 1 is 0.788 bits per heavy atom. The Morgan fingerprint density at radius 2 is 1.50 bits per heavy atom. The van der Waals surface area contributed by atoms with E-state index in [1.165, 1.54) is 55.7 Å². The number of rotatable bonds is 43. The van der Waals surface area contributed by atoms with Crippen molar-refractivity contribution in [3.63, 3.8) is 0 Å². The second-order valence-corrected chi connectivity index (χ2v) is 30.8. The van der Waals surface area contributed by atoms with Gasteiger partial charge < -0.3 is 86.4 Å². The van der Waals surface area contributed by atoms with Crippen LogP contribution in [-0.2, 0) is 96.0 Å². The molecule has 14 atom stereocenters. The van der Waals surface area contributed by atoms with Crippen LogP contribution in [0.25, 0.3) is 0 Å². The summed E-state index contributed by atoms with van der Waals surface area (Å²) in [4.78, 5) is 200. The Bertz CT molecular complexity index is 3830. The molecule has 7 rings (SSSR count). The SMILES string of the molecule is CC[C@H](C)[C@@H]([C@@H](CC(=O)N1CCC[C@H]1[C@H](OC)[C@@H](C)C(=O)N[C@@H](Cc1ccccc1)c1nccs1)OC)N(C)C(=O)[C@@H](NC(=O)[C@@H]1[C@H]2CC[C@H](C2)N1C(=O)OCc1ccc(NC(=O)[C@H](CCCNC(N)=O)NC(=O)[C@@H](NC(=O)CCOCCN2C(=O)C=CC2=O)C(C)C)cc1CN(C)C(=O)OC[C@H](NC(C)=O)C(=O)O)C(C)C. The van der Waals surface area contributed by atoms with Crippen molar-refractivity contribution in [2.45, 2.75) is 206 Å². The zero-order valence-electron chi connectivity index (χ0n) is 66.5. The molecule has 620 valence electrons. The zero-order valence-corrected chi connectivity index (χ0v) is 67.3. The number of hydrogen-bond acceptors (Lipinski definition) is 21. The predicted octanol–water partition coefficient (Wildman–Crippen LogP) is 4.30. The molecule has 0 spiro atoms. The van der Waals surface area contributed by atoms with Crippen molar-refractivity contribution in [1.82, 2.24) is 61.4 Å². The molecule has 2 aromatic carbocycles. The first kappa shape index (κ1) is 90.1. The van der Waals surface area contributed by atoms with Crippen LogP contribution < -0.4 is 43.0 Å². The molecule has 2 saturated heterocycles. The van der Waals surface area contributed by atoms with Crippen LogP contribution in [0.3, 0.4) is 0 Å². The van der Waals surface area contributed by atoms with E-state index in [2.05, 4.69) is 42.2 Å². The number of ether oxygens (including phenoxy) is 5. The van der Waals surface area contributed by atoms with Crippen molar-refractivity contribution in [3.8, 4) is 0 Å². The number of carboxylic acids is 1. The predicted molar refractivity (Wildman–Crippen MR) is 413 cm³/mol. The summed E-state index contributed by atoms with van der Waals surface area (Å²) in [7, 11) is 5.98. The van der Waals surface area contributed by atoms with Gasteiger partial charge in [0, 0.05) is 96.8 Å². The van der Waals surface area contributed by atoms with Crippen LogP contribution in [0, 0.1) is 29.6 Å². The fourth-order valence-corrected chi connectivity index (χ4v) is 15.7. The Morgan fingerprint density at radius 3 is 2.12 bits per heavy atom. The maximum absolute atomic E-state index is 15.2. The summed E-state index contributed by atoms with van der Waals surface area (Å²) in [6, 6.07) is 5.16. The molecule has 1 saturated carbocycles. The smallest absolute Gasteiger partial charge is 0.411 e. The van der Waals surface area contributed by atoms with Crippen LogP contribution in [0.4, 0.5) is 20.1 Å². The summed E-state index contributed by atoms with van der Waals surface area (Å²) in [5, 5.41) is 31.4. The number of benzene rings is 2. The minimum Gasteiger partial charge on any atom is -0.480 e. The highest BCUT2D eigenvalue weighted by Gasteiger charge is 2.53. The summed E-state index contributed by atoms with van der Waals surface area (Å²) in [5.41, 5.74) is 6.97. The largest absolute Gasteiger partial charge is 0.480 e. The first-order valence-corrected chi connectivity index (χ1v) is 39.3. The number of likely N-dealkylation sites (tertiary alicyclic amines) is 2. The molecule has 113 heavy (non-hydrogen) atoms. The van der Waals surface area contributed by atoms with E-state index in [1.54, 1.807) is 57.7 Å². The van der Waals surface area contributed by atoms with Gasteiger partial charge in [0.25, 0.3) is 11.8 Å². The Balaban J connectivity index is 1.05. The third-order valence-corrected chi connectivity index (χ3v) is 22.1. The van der Waals surface area contributed by atoms with Gasteiger partial charge in [0.1, 0.15) is 42.4 Å².